The lowest BCUT2D eigenvalue weighted by atomic mass is 10.1. The van der Waals surface area contributed by atoms with Gasteiger partial charge in [-0.15, -0.1) is 4.91 Å². The van der Waals surface area contributed by atoms with Crippen LogP contribution in [0.15, 0.2) is 65.6 Å². The van der Waals surface area contributed by atoms with E-state index in [0.717, 1.165) is 11.3 Å². The fourth-order valence-electron chi connectivity index (χ4n) is 1.61. The van der Waals surface area contributed by atoms with E-state index in [4.69, 9.17) is 0 Å². The molecule has 0 spiro atoms. The third kappa shape index (κ3) is 1.93. The number of allylic oxidation sites excluding steroid dienone is 3. The first-order chi connectivity index (χ1) is 7.83. The van der Waals surface area contributed by atoms with E-state index in [0.29, 0.717) is 5.70 Å². The van der Waals surface area contributed by atoms with Crippen molar-refractivity contribution in [3.63, 3.8) is 0 Å². The number of nitroso groups, excluding NO2 is 1. The Balaban J connectivity index is 2.50. The van der Waals surface area contributed by atoms with Crippen molar-refractivity contribution in [1.82, 2.24) is 4.90 Å². The van der Waals surface area contributed by atoms with E-state index in [2.05, 4.69) is 5.18 Å². The molecule has 0 N–H and O–H groups in total. The average molecular weight is 212 g/mol. The Kier molecular flexibility index (Phi) is 2.96. The van der Waals surface area contributed by atoms with E-state index in [1.54, 1.807) is 0 Å². The molecule has 1 aromatic carbocycles. The van der Waals surface area contributed by atoms with Crippen LogP contribution < -0.4 is 0 Å². The normalized spacial score (nSPS) is 17.4. The van der Waals surface area contributed by atoms with Crippen molar-refractivity contribution in [2.75, 3.05) is 7.05 Å². The Labute approximate surface area is 94.4 Å². The fourth-order valence-corrected chi connectivity index (χ4v) is 1.61. The van der Waals surface area contributed by atoms with Gasteiger partial charge in [-0.2, -0.15) is 0 Å². The summed E-state index contributed by atoms with van der Waals surface area (Å²) in [6.45, 7) is 0. The highest BCUT2D eigenvalue weighted by Gasteiger charge is 2.11. The number of hydrogen-bond acceptors (Lipinski definition) is 3. The zero-order valence-corrected chi connectivity index (χ0v) is 9.00. The van der Waals surface area contributed by atoms with E-state index in [-0.39, 0.29) is 0 Å². The van der Waals surface area contributed by atoms with E-state index < -0.39 is 0 Å². The highest BCUT2D eigenvalue weighted by Crippen LogP contribution is 2.24. The number of hydrogen-bond donors (Lipinski definition) is 0. The molecule has 1 aliphatic heterocycles. The van der Waals surface area contributed by atoms with E-state index in [1.807, 2.05) is 66.7 Å². The Bertz CT molecular complexity index is 472. The van der Waals surface area contributed by atoms with Crippen molar-refractivity contribution in [2.45, 2.75) is 0 Å². The van der Waals surface area contributed by atoms with Gasteiger partial charge < -0.3 is 4.90 Å². The molecule has 3 heteroatoms. The molecule has 0 saturated carbocycles. The standard InChI is InChI=1S/C13H12N2O/c1-15-10-6-5-9-12(15)13(14-16)11-7-3-2-4-8-11/h2-10H,1H3/b13-12+. The molecule has 0 saturated heterocycles. The predicted octanol–water partition coefficient (Wildman–Crippen LogP) is 3.14. The van der Waals surface area contributed by atoms with Crippen LogP contribution in [-0.4, -0.2) is 11.9 Å². The van der Waals surface area contributed by atoms with Crippen LogP contribution in [0.25, 0.3) is 5.70 Å². The Morgan fingerprint density at radius 3 is 2.56 bits per heavy atom. The van der Waals surface area contributed by atoms with Crippen LogP contribution >= 0.6 is 0 Å². The first kappa shape index (κ1) is 10.4. The van der Waals surface area contributed by atoms with Gasteiger partial charge in [0.15, 0.2) is 0 Å². The summed E-state index contributed by atoms with van der Waals surface area (Å²) in [5.41, 5.74) is 2.10. The van der Waals surface area contributed by atoms with E-state index in [9.17, 15) is 4.91 Å². The summed E-state index contributed by atoms with van der Waals surface area (Å²) < 4.78 is 0. The third-order valence-corrected chi connectivity index (χ3v) is 2.44. The van der Waals surface area contributed by atoms with Gasteiger partial charge in [-0.25, -0.2) is 0 Å². The molecular formula is C13H12N2O. The van der Waals surface area contributed by atoms with Gasteiger partial charge in [0, 0.05) is 18.8 Å². The van der Waals surface area contributed by atoms with Gasteiger partial charge in [-0.1, -0.05) is 36.4 Å². The molecule has 1 aliphatic rings. The quantitative estimate of drug-likeness (QED) is 0.705. The van der Waals surface area contributed by atoms with Crippen LogP contribution in [0.3, 0.4) is 0 Å². The molecule has 3 nitrogen and oxygen atoms in total. The van der Waals surface area contributed by atoms with Crippen molar-refractivity contribution in [1.29, 1.82) is 0 Å². The molecule has 2 rings (SSSR count). The lowest BCUT2D eigenvalue weighted by Gasteiger charge is -2.19. The van der Waals surface area contributed by atoms with Gasteiger partial charge in [-0.05, 0) is 17.3 Å². The van der Waals surface area contributed by atoms with Crippen LogP contribution in [0, 0.1) is 4.91 Å². The van der Waals surface area contributed by atoms with Crippen LogP contribution in [0.2, 0.25) is 0 Å². The van der Waals surface area contributed by atoms with Crippen molar-refractivity contribution in [3.8, 4) is 0 Å². The van der Waals surface area contributed by atoms with Gasteiger partial charge >= 0.3 is 0 Å². The first-order valence-electron chi connectivity index (χ1n) is 5.03. The van der Waals surface area contributed by atoms with Crippen molar-refractivity contribution in [3.05, 3.63) is 70.9 Å². The van der Waals surface area contributed by atoms with Crippen LogP contribution in [0.1, 0.15) is 5.56 Å². The maximum atomic E-state index is 11.0. The monoisotopic (exact) mass is 212 g/mol. The van der Waals surface area contributed by atoms with E-state index in [1.165, 1.54) is 0 Å². The topological polar surface area (TPSA) is 32.7 Å². The second-order valence-corrected chi connectivity index (χ2v) is 3.50. The van der Waals surface area contributed by atoms with Crippen LogP contribution in [0.4, 0.5) is 0 Å². The molecule has 0 amide bonds. The number of rotatable bonds is 2. The molecule has 0 fully saturated rings. The minimum Gasteiger partial charge on any atom is -0.349 e. The zero-order chi connectivity index (χ0) is 11.4. The summed E-state index contributed by atoms with van der Waals surface area (Å²) in [6, 6.07) is 9.46. The molecule has 0 unspecified atom stereocenters. The third-order valence-electron chi connectivity index (χ3n) is 2.44. The summed E-state index contributed by atoms with van der Waals surface area (Å²) in [6.07, 6.45) is 7.58. The lowest BCUT2D eigenvalue weighted by molar-refractivity contribution is 0.585. The van der Waals surface area contributed by atoms with Crippen LogP contribution in [-0.2, 0) is 0 Å². The predicted molar refractivity (Wildman–Crippen MR) is 65.2 cm³/mol. The molecule has 0 bridgehead atoms. The SMILES string of the molecule is CN1C=CC=C/C1=C(\N=O)c1ccccc1. The largest absolute Gasteiger partial charge is 0.349 e. The molecule has 0 atom stereocenters. The minimum absolute atomic E-state index is 0.462. The van der Waals surface area contributed by atoms with Gasteiger partial charge in [0.2, 0.25) is 0 Å². The van der Waals surface area contributed by atoms with Gasteiger partial charge in [-0.3, -0.25) is 0 Å². The first-order valence-corrected chi connectivity index (χ1v) is 5.03. The molecule has 1 aromatic rings. The van der Waals surface area contributed by atoms with Gasteiger partial charge in [0.25, 0.3) is 0 Å². The highest BCUT2D eigenvalue weighted by molar-refractivity contribution is 5.70. The van der Waals surface area contributed by atoms with Crippen molar-refractivity contribution >= 4 is 5.70 Å². The summed E-state index contributed by atoms with van der Waals surface area (Å²) in [5, 5.41) is 3.14. The second-order valence-electron chi connectivity index (χ2n) is 3.50. The molecular weight excluding hydrogens is 200 g/mol. The van der Waals surface area contributed by atoms with Crippen molar-refractivity contribution in [2.24, 2.45) is 5.18 Å². The minimum atomic E-state index is 0.462. The Hall–Kier alpha value is -2.16. The molecule has 0 aromatic heterocycles. The van der Waals surface area contributed by atoms with E-state index >= 15 is 0 Å². The summed E-state index contributed by atoms with van der Waals surface area (Å²) in [7, 11) is 1.89. The maximum absolute atomic E-state index is 11.0. The summed E-state index contributed by atoms with van der Waals surface area (Å²) in [5.74, 6) is 0. The molecule has 80 valence electrons. The molecule has 1 heterocycles. The Morgan fingerprint density at radius 2 is 1.94 bits per heavy atom. The maximum Gasteiger partial charge on any atom is 0.138 e. The van der Waals surface area contributed by atoms with Gasteiger partial charge in [0.1, 0.15) is 5.70 Å². The number of nitrogens with zero attached hydrogens (tertiary/aromatic N) is 2. The smallest absolute Gasteiger partial charge is 0.138 e. The van der Waals surface area contributed by atoms with Crippen molar-refractivity contribution < 1.29 is 0 Å². The molecule has 16 heavy (non-hydrogen) atoms. The Morgan fingerprint density at radius 1 is 1.19 bits per heavy atom. The molecule has 0 radical (unpaired) electrons. The second kappa shape index (κ2) is 4.57. The highest BCUT2D eigenvalue weighted by atomic mass is 16.3. The number of likely N-dealkylation sites (N-methyl/N-ethyl adjacent to an activating group) is 1. The molecule has 0 aliphatic carbocycles. The summed E-state index contributed by atoms with van der Waals surface area (Å²) in [4.78, 5) is 12.8. The lowest BCUT2D eigenvalue weighted by Crippen LogP contribution is -2.12. The average Bonchev–Trinajstić information content (AvgIpc) is 2.34. The summed E-state index contributed by atoms with van der Waals surface area (Å²) >= 11 is 0. The zero-order valence-electron chi connectivity index (χ0n) is 9.00. The fraction of sp³-hybridized carbons (Fsp3) is 0.0769. The number of benzene rings is 1. The van der Waals surface area contributed by atoms with Gasteiger partial charge in [0.05, 0.1) is 5.70 Å². The van der Waals surface area contributed by atoms with Crippen LogP contribution in [0.5, 0.6) is 0 Å².